The van der Waals surface area contributed by atoms with Gasteiger partial charge in [0, 0.05) is 10.7 Å². The highest BCUT2D eigenvalue weighted by atomic mass is 35.5. The van der Waals surface area contributed by atoms with E-state index in [0.29, 0.717) is 17.1 Å². The van der Waals surface area contributed by atoms with Gasteiger partial charge in [-0.1, -0.05) is 17.7 Å². The fraction of sp³-hybridized carbons (Fsp3) is 0.429. The lowest BCUT2D eigenvalue weighted by molar-refractivity contribution is -0.127. The molecule has 0 spiro atoms. The Morgan fingerprint density at radius 1 is 1.33 bits per heavy atom. The van der Waals surface area contributed by atoms with Crippen molar-refractivity contribution in [2.75, 3.05) is 11.9 Å². The molecule has 1 saturated carbocycles. The SMILES string of the molecule is Cc1c(Cl)cccc1NC(=O)CNC(=O)[C@@]1(C)CC1(Cl)Cl. The molecule has 1 aliphatic carbocycles. The van der Waals surface area contributed by atoms with Gasteiger partial charge in [0.2, 0.25) is 11.8 Å². The topological polar surface area (TPSA) is 58.2 Å². The summed E-state index contributed by atoms with van der Waals surface area (Å²) in [6, 6.07) is 5.22. The smallest absolute Gasteiger partial charge is 0.243 e. The summed E-state index contributed by atoms with van der Waals surface area (Å²) in [6.07, 6.45) is 0.379. The lowest BCUT2D eigenvalue weighted by Crippen LogP contribution is -2.38. The van der Waals surface area contributed by atoms with Crippen LogP contribution in [-0.4, -0.2) is 22.7 Å². The summed E-state index contributed by atoms with van der Waals surface area (Å²) in [6.45, 7) is 3.32. The largest absolute Gasteiger partial charge is 0.346 e. The van der Waals surface area contributed by atoms with Gasteiger partial charge in [0.05, 0.1) is 12.0 Å². The van der Waals surface area contributed by atoms with Crippen LogP contribution in [0.5, 0.6) is 0 Å². The molecule has 0 heterocycles. The second-order valence-electron chi connectivity index (χ2n) is 5.36. The molecule has 1 aromatic rings. The van der Waals surface area contributed by atoms with Crippen LogP contribution in [0.1, 0.15) is 18.9 Å². The number of hydrogen-bond donors (Lipinski definition) is 2. The van der Waals surface area contributed by atoms with Crippen molar-refractivity contribution in [1.82, 2.24) is 5.32 Å². The predicted molar refractivity (Wildman–Crippen MR) is 85.0 cm³/mol. The number of nitrogens with one attached hydrogen (secondary N) is 2. The number of halogens is 3. The van der Waals surface area contributed by atoms with Gasteiger partial charge < -0.3 is 10.6 Å². The third kappa shape index (κ3) is 3.28. The van der Waals surface area contributed by atoms with Crippen LogP contribution < -0.4 is 10.6 Å². The van der Waals surface area contributed by atoms with Gasteiger partial charge in [0.25, 0.3) is 0 Å². The number of benzene rings is 1. The van der Waals surface area contributed by atoms with E-state index < -0.39 is 9.75 Å². The van der Waals surface area contributed by atoms with E-state index in [-0.39, 0.29) is 18.4 Å². The van der Waals surface area contributed by atoms with Gasteiger partial charge in [-0.05, 0) is 38.0 Å². The lowest BCUT2D eigenvalue weighted by Gasteiger charge is -2.13. The van der Waals surface area contributed by atoms with Crippen LogP contribution in [0.15, 0.2) is 18.2 Å². The second kappa shape index (κ2) is 5.67. The fourth-order valence-corrected chi connectivity index (χ4v) is 2.82. The van der Waals surface area contributed by atoms with E-state index >= 15 is 0 Å². The number of amides is 2. The van der Waals surface area contributed by atoms with Gasteiger partial charge >= 0.3 is 0 Å². The Balaban J connectivity index is 1.89. The normalized spacial score (nSPS) is 22.5. The number of carbonyl (C=O) groups is 2. The van der Waals surface area contributed by atoms with Crippen molar-refractivity contribution < 1.29 is 9.59 Å². The van der Waals surface area contributed by atoms with Crippen molar-refractivity contribution >= 4 is 52.3 Å². The number of hydrogen-bond acceptors (Lipinski definition) is 2. The molecule has 1 aliphatic rings. The van der Waals surface area contributed by atoms with E-state index in [1.54, 1.807) is 32.0 Å². The van der Waals surface area contributed by atoms with E-state index in [1.165, 1.54) is 0 Å². The molecule has 0 unspecified atom stereocenters. The predicted octanol–water partition coefficient (Wildman–Crippen LogP) is 3.29. The molecular weight excluding hydrogens is 335 g/mol. The Morgan fingerprint density at radius 3 is 2.52 bits per heavy atom. The Hall–Kier alpha value is -0.970. The van der Waals surface area contributed by atoms with Gasteiger partial charge in [0.15, 0.2) is 0 Å². The van der Waals surface area contributed by atoms with Crippen molar-refractivity contribution in [1.29, 1.82) is 0 Å². The number of rotatable bonds is 4. The summed E-state index contributed by atoms with van der Waals surface area (Å²) in [5.74, 6) is -0.668. The molecule has 0 saturated heterocycles. The first kappa shape index (κ1) is 16.4. The summed E-state index contributed by atoms with van der Waals surface area (Å²) in [5.41, 5.74) is 0.555. The van der Waals surface area contributed by atoms with Gasteiger partial charge in [-0.15, -0.1) is 23.2 Å². The maximum absolute atomic E-state index is 11.9. The molecule has 1 aromatic carbocycles. The van der Waals surface area contributed by atoms with E-state index in [2.05, 4.69) is 10.6 Å². The molecule has 0 aromatic heterocycles. The van der Waals surface area contributed by atoms with Crippen LogP contribution in [0.3, 0.4) is 0 Å². The summed E-state index contributed by atoms with van der Waals surface area (Å²) in [5, 5.41) is 5.80. The number of alkyl halides is 2. The number of anilines is 1. The van der Waals surface area contributed by atoms with Crippen molar-refractivity contribution in [3.63, 3.8) is 0 Å². The molecule has 2 N–H and O–H groups in total. The van der Waals surface area contributed by atoms with Crippen LogP contribution in [0, 0.1) is 12.3 Å². The third-order valence-electron chi connectivity index (χ3n) is 3.71. The van der Waals surface area contributed by atoms with Crippen LogP contribution in [-0.2, 0) is 9.59 Å². The van der Waals surface area contributed by atoms with Crippen molar-refractivity contribution in [3.05, 3.63) is 28.8 Å². The third-order valence-corrected chi connectivity index (χ3v) is 5.22. The van der Waals surface area contributed by atoms with E-state index in [4.69, 9.17) is 34.8 Å². The van der Waals surface area contributed by atoms with Crippen molar-refractivity contribution in [2.45, 2.75) is 24.6 Å². The summed E-state index contributed by atoms with van der Waals surface area (Å²) in [4.78, 5) is 23.8. The zero-order chi connectivity index (χ0) is 15.8. The standard InChI is InChI=1S/C14H15Cl3N2O2/c1-8-9(15)4-3-5-10(8)19-11(20)6-18-12(21)13(2)7-14(13,16)17/h3-5H,6-7H2,1-2H3,(H,18,21)(H,19,20)/t13-/m1/s1. The summed E-state index contributed by atoms with van der Waals surface area (Å²) < 4.78 is -1.04. The van der Waals surface area contributed by atoms with Gasteiger partial charge in [-0.2, -0.15) is 0 Å². The first-order valence-electron chi connectivity index (χ1n) is 6.38. The van der Waals surface area contributed by atoms with Crippen LogP contribution in [0.2, 0.25) is 5.02 Å². The van der Waals surface area contributed by atoms with Gasteiger partial charge in [-0.25, -0.2) is 0 Å². The van der Waals surface area contributed by atoms with E-state index in [0.717, 1.165) is 5.56 Å². The Morgan fingerprint density at radius 2 is 1.95 bits per heavy atom. The minimum atomic E-state index is -1.04. The average molecular weight is 350 g/mol. The molecule has 1 atom stereocenters. The molecule has 0 radical (unpaired) electrons. The van der Waals surface area contributed by atoms with Gasteiger partial charge in [0.1, 0.15) is 4.33 Å². The molecule has 7 heteroatoms. The molecule has 0 bridgehead atoms. The minimum absolute atomic E-state index is 0.149. The molecular formula is C14H15Cl3N2O2. The van der Waals surface area contributed by atoms with E-state index in [1.807, 2.05) is 0 Å². The maximum Gasteiger partial charge on any atom is 0.243 e. The first-order valence-corrected chi connectivity index (χ1v) is 7.52. The van der Waals surface area contributed by atoms with Crippen LogP contribution in [0.4, 0.5) is 5.69 Å². The average Bonchev–Trinajstić information content (AvgIpc) is 2.92. The Kier molecular flexibility index (Phi) is 4.43. The fourth-order valence-electron chi connectivity index (χ4n) is 1.94. The molecule has 4 nitrogen and oxygen atoms in total. The monoisotopic (exact) mass is 348 g/mol. The highest BCUT2D eigenvalue weighted by Crippen LogP contribution is 2.63. The molecule has 21 heavy (non-hydrogen) atoms. The quantitative estimate of drug-likeness (QED) is 0.820. The first-order chi connectivity index (χ1) is 9.67. The minimum Gasteiger partial charge on any atom is -0.346 e. The van der Waals surface area contributed by atoms with E-state index in [9.17, 15) is 9.59 Å². The van der Waals surface area contributed by atoms with Crippen molar-refractivity contribution in [2.24, 2.45) is 5.41 Å². The molecule has 114 valence electrons. The Labute approximate surface area is 138 Å². The molecule has 2 rings (SSSR count). The van der Waals surface area contributed by atoms with Gasteiger partial charge in [-0.3, -0.25) is 9.59 Å². The molecule has 1 fully saturated rings. The maximum atomic E-state index is 11.9. The summed E-state index contributed by atoms with van der Waals surface area (Å²) in [7, 11) is 0. The zero-order valence-electron chi connectivity index (χ0n) is 11.6. The van der Waals surface area contributed by atoms with Crippen LogP contribution >= 0.6 is 34.8 Å². The highest BCUT2D eigenvalue weighted by Gasteiger charge is 2.67. The van der Waals surface area contributed by atoms with Crippen LogP contribution in [0.25, 0.3) is 0 Å². The molecule has 0 aliphatic heterocycles. The number of carbonyl (C=O) groups excluding carboxylic acids is 2. The summed E-state index contributed by atoms with van der Waals surface area (Å²) >= 11 is 17.8. The second-order valence-corrected chi connectivity index (χ2v) is 7.25. The zero-order valence-corrected chi connectivity index (χ0v) is 13.9. The highest BCUT2D eigenvalue weighted by molar-refractivity contribution is 6.53. The van der Waals surface area contributed by atoms with Crippen molar-refractivity contribution in [3.8, 4) is 0 Å². The lowest BCUT2D eigenvalue weighted by atomic mass is 10.1. The molecule has 2 amide bonds. The Bertz CT molecular complexity index is 604.